The molecule has 0 radical (unpaired) electrons. The summed E-state index contributed by atoms with van der Waals surface area (Å²) in [5.41, 5.74) is 0.954. The van der Waals surface area contributed by atoms with Gasteiger partial charge in [-0.1, -0.05) is 36.4 Å². The summed E-state index contributed by atoms with van der Waals surface area (Å²) in [6.45, 7) is 1.82. The van der Waals surface area contributed by atoms with Crippen LogP contribution < -0.4 is 20.2 Å². The van der Waals surface area contributed by atoms with Crippen molar-refractivity contribution in [2.24, 2.45) is 0 Å². The van der Waals surface area contributed by atoms with Gasteiger partial charge in [0.1, 0.15) is 11.3 Å². The molecular weight excluding hydrogens is 454 g/mol. The van der Waals surface area contributed by atoms with Gasteiger partial charge in [0.05, 0.1) is 23.7 Å². The molecule has 174 valence electrons. The van der Waals surface area contributed by atoms with Gasteiger partial charge in [0, 0.05) is 23.2 Å². The predicted octanol–water partition coefficient (Wildman–Crippen LogP) is 3.83. The number of anilines is 1. The molecule has 3 N–H and O–H groups in total. The molecule has 1 aromatic heterocycles. The average molecular weight is 478 g/mol. The van der Waals surface area contributed by atoms with Crippen molar-refractivity contribution in [1.29, 1.82) is 0 Å². The first-order valence-corrected chi connectivity index (χ1v) is 11.9. The topological polar surface area (TPSA) is 117 Å². The predicted molar refractivity (Wildman–Crippen MR) is 131 cm³/mol. The summed E-state index contributed by atoms with van der Waals surface area (Å²) in [5.74, 6) is -0.0576. The van der Waals surface area contributed by atoms with E-state index in [0.717, 1.165) is 5.56 Å². The van der Waals surface area contributed by atoms with E-state index in [9.17, 15) is 18.0 Å². The van der Waals surface area contributed by atoms with Crippen LogP contribution in [0.2, 0.25) is 0 Å². The average Bonchev–Trinajstić information content (AvgIpc) is 2.84. The van der Waals surface area contributed by atoms with E-state index in [1.54, 1.807) is 24.3 Å². The summed E-state index contributed by atoms with van der Waals surface area (Å²) in [4.78, 5) is 28.7. The smallest absolute Gasteiger partial charge is 0.261 e. The Kier molecular flexibility index (Phi) is 6.38. The highest BCUT2D eigenvalue weighted by molar-refractivity contribution is 7.92. The monoisotopic (exact) mass is 477 g/mol. The molecule has 4 rings (SSSR count). The Labute approximate surface area is 196 Å². The minimum atomic E-state index is -3.99. The number of H-pyrrole nitrogens is 1. The third kappa shape index (κ3) is 4.79. The fraction of sp³-hybridized carbons (Fsp3) is 0.120. The summed E-state index contributed by atoms with van der Waals surface area (Å²) in [7, 11) is -2.51. The molecule has 0 bridgehead atoms. The van der Waals surface area contributed by atoms with Crippen molar-refractivity contribution in [1.82, 2.24) is 10.3 Å². The molecule has 0 fully saturated rings. The van der Waals surface area contributed by atoms with Gasteiger partial charge in [-0.25, -0.2) is 8.42 Å². The van der Waals surface area contributed by atoms with E-state index >= 15 is 0 Å². The van der Waals surface area contributed by atoms with Crippen molar-refractivity contribution >= 4 is 32.5 Å². The van der Waals surface area contributed by atoms with Crippen LogP contribution in [0.3, 0.4) is 0 Å². The molecule has 34 heavy (non-hydrogen) atoms. The second kappa shape index (κ2) is 9.40. The van der Waals surface area contributed by atoms with Gasteiger partial charge in [-0.3, -0.25) is 14.3 Å². The van der Waals surface area contributed by atoms with Gasteiger partial charge in [-0.2, -0.15) is 0 Å². The minimum Gasteiger partial charge on any atom is -0.497 e. The Hall–Kier alpha value is -4.11. The van der Waals surface area contributed by atoms with E-state index in [0.29, 0.717) is 17.0 Å². The van der Waals surface area contributed by atoms with Crippen LogP contribution in [0.4, 0.5) is 5.69 Å². The summed E-state index contributed by atoms with van der Waals surface area (Å²) >= 11 is 0. The van der Waals surface area contributed by atoms with E-state index in [2.05, 4.69) is 15.0 Å². The number of carbonyl (C=O) groups is 1. The largest absolute Gasteiger partial charge is 0.497 e. The van der Waals surface area contributed by atoms with Crippen LogP contribution in [0, 0.1) is 0 Å². The minimum absolute atomic E-state index is 0.0912. The molecule has 0 aliphatic rings. The lowest BCUT2D eigenvalue weighted by molar-refractivity contribution is 0.0938. The lowest BCUT2D eigenvalue weighted by atomic mass is 10.1. The number of ether oxygens (including phenoxy) is 1. The maximum atomic E-state index is 13.1. The van der Waals surface area contributed by atoms with Crippen LogP contribution in [0.25, 0.3) is 10.9 Å². The van der Waals surface area contributed by atoms with Crippen molar-refractivity contribution in [2.45, 2.75) is 17.9 Å². The highest BCUT2D eigenvalue weighted by Crippen LogP contribution is 2.22. The Morgan fingerprint density at radius 2 is 1.76 bits per heavy atom. The molecule has 0 saturated carbocycles. The van der Waals surface area contributed by atoms with Gasteiger partial charge in [0.2, 0.25) is 5.43 Å². The Bertz CT molecular complexity index is 1510. The highest BCUT2D eigenvalue weighted by atomic mass is 32.2. The molecule has 1 unspecified atom stereocenters. The van der Waals surface area contributed by atoms with E-state index < -0.39 is 21.4 Å². The van der Waals surface area contributed by atoms with Gasteiger partial charge < -0.3 is 15.0 Å². The number of hydrogen-bond donors (Lipinski definition) is 3. The molecule has 9 heteroatoms. The summed E-state index contributed by atoms with van der Waals surface area (Å²) in [6.07, 6.45) is 1.33. The lowest BCUT2D eigenvalue weighted by Gasteiger charge is -2.14. The first kappa shape index (κ1) is 23.1. The number of nitrogens with one attached hydrogen (secondary N) is 3. The lowest BCUT2D eigenvalue weighted by Crippen LogP contribution is -2.31. The molecular formula is C25H23N3O5S. The second-order valence-electron chi connectivity index (χ2n) is 7.68. The maximum Gasteiger partial charge on any atom is 0.261 e. The van der Waals surface area contributed by atoms with E-state index in [-0.39, 0.29) is 21.9 Å². The van der Waals surface area contributed by atoms with E-state index in [1.807, 2.05) is 37.3 Å². The van der Waals surface area contributed by atoms with Crippen LogP contribution >= 0.6 is 0 Å². The third-order valence-electron chi connectivity index (χ3n) is 5.38. The molecule has 1 heterocycles. The van der Waals surface area contributed by atoms with Crippen LogP contribution in [0.1, 0.15) is 28.9 Å². The fourth-order valence-corrected chi connectivity index (χ4v) is 4.61. The molecule has 1 atom stereocenters. The number of hydrogen-bond acceptors (Lipinski definition) is 5. The fourth-order valence-electron chi connectivity index (χ4n) is 3.53. The van der Waals surface area contributed by atoms with Crippen molar-refractivity contribution < 1.29 is 17.9 Å². The Morgan fingerprint density at radius 1 is 1.00 bits per heavy atom. The molecule has 1 amide bonds. The van der Waals surface area contributed by atoms with Gasteiger partial charge >= 0.3 is 0 Å². The van der Waals surface area contributed by atoms with Crippen molar-refractivity contribution in [3.8, 4) is 5.75 Å². The zero-order chi connectivity index (χ0) is 24.3. The highest BCUT2D eigenvalue weighted by Gasteiger charge is 2.19. The second-order valence-corrected chi connectivity index (χ2v) is 9.36. The number of aromatic amines is 1. The summed E-state index contributed by atoms with van der Waals surface area (Å²) < 4.78 is 33.5. The van der Waals surface area contributed by atoms with Gasteiger partial charge in [-0.05, 0) is 42.8 Å². The van der Waals surface area contributed by atoms with E-state index in [4.69, 9.17) is 4.74 Å². The molecule has 0 saturated heterocycles. The van der Waals surface area contributed by atoms with Gasteiger partial charge in [0.25, 0.3) is 15.9 Å². The number of pyridine rings is 1. The quantitative estimate of drug-likeness (QED) is 0.374. The number of amides is 1. The molecule has 4 aromatic rings. The number of benzene rings is 3. The standard InChI is InChI=1S/C25H23N3O5S/c1-16(17-7-4-3-5-8-17)27-25(30)22-15-26-23-12-11-20(14-21(23)24(22)29)34(31,32)28-18-9-6-10-19(13-18)33-2/h3-16,28H,1-2H3,(H,26,29)(H,27,30). The number of sulfonamides is 1. The van der Waals surface area contributed by atoms with Gasteiger partial charge in [-0.15, -0.1) is 0 Å². The third-order valence-corrected chi connectivity index (χ3v) is 6.76. The Balaban J connectivity index is 1.65. The zero-order valence-electron chi connectivity index (χ0n) is 18.5. The molecule has 3 aromatic carbocycles. The van der Waals surface area contributed by atoms with Crippen LogP contribution in [0.5, 0.6) is 5.75 Å². The molecule has 0 aliphatic carbocycles. The molecule has 0 aliphatic heterocycles. The molecule has 0 spiro atoms. The maximum absolute atomic E-state index is 13.1. The van der Waals surface area contributed by atoms with Crippen molar-refractivity contribution in [3.05, 3.63) is 100 Å². The first-order valence-electron chi connectivity index (χ1n) is 10.5. The van der Waals surface area contributed by atoms with Gasteiger partial charge in [0.15, 0.2) is 0 Å². The van der Waals surface area contributed by atoms with Crippen LogP contribution in [0.15, 0.2) is 88.7 Å². The normalized spacial score (nSPS) is 12.2. The molecule has 8 nitrogen and oxygen atoms in total. The summed E-state index contributed by atoms with van der Waals surface area (Å²) in [5, 5.41) is 2.90. The first-order chi connectivity index (χ1) is 16.3. The number of methoxy groups -OCH3 is 1. The number of aromatic nitrogens is 1. The van der Waals surface area contributed by atoms with Crippen LogP contribution in [-0.2, 0) is 10.0 Å². The Morgan fingerprint density at radius 3 is 2.50 bits per heavy atom. The number of fused-ring (bicyclic) bond motifs is 1. The summed E-state index contributed by atoms with van der Waals surface area (Å²) in [6, 6.07) is 19.7. The SMILES string of the molecule is COc1cccc(NS(=O)(=O)c2ccc3[nH]cc(C(=O)NC(C)c4ccccc4)c(=O)c3c2)c1. The van der Waals surface area contributed by atoms with E-state index in [1.165, 1.54) is 31.5 Å². The zero-order valence-corrected chi connectivity index (χ0v) is 19.3. The van der Waals surface area contributed by atoms with Crippen molar-refractivity contribution in [2.75, 3.05) is 11.8 Å². The number of carbonyl (C=O) groups excluding carboxylic acids is 1. The number of rotatable bonds is 7. The van der Waals surface area contributed by atoms with Crippen LogP contribution in [-0.4, -0.2) is 26.4 Å². The van der Waals surface area contributed by atoms with Crippen molar-refractivity contribution in [3.63, 3.8) is 0 Å².